The topological polar surface area (TPSA) is 709 Å². The molecule has 0 aromatic heterocycles. The van der Waals surface area contributed by atoms with Gasteiger partial charge in [0.1, 0.15) is 71.9 Å². The van der Waals surface area contributed by atoms with Crippen molar-refractivity contribution < 1.29 is 117 Å². The minimum absolute atomic E-state index is 0.0915. The van der Waals surface area contributed by atoms with Crippen LogP contribution in [0.5, 0.6) is 11.5 Å². The van der Waals surface area contributed by atoms with Crippen molar-refractivity contribution in [2.75, 3.05) is 105 Å². The maximum atomic E-state index is 15.3. The van der Waals surface area contributed by atoms with Crippen LogP contribution in [-0.2, 0) is 99.2 Å². The first-order chi connectivity index (χ1) is 58.1. The van der Waals surface area contributed by atoms with E-state index in [9.17, 15) is 97.8 Å². The molecule has 4 heterocycles. The molecule has 26 N–H and O–H groups in total. The lowest BCUT2D eigenvalue weighted by Crippen LogP contribution is -2.59. The van der Waals surface area contributed by atoms with E-state index in [2.05, 4.69) is 62.3 Å². The molecule has 2 aromatic carbocycles. The number of guanidine groups is 2. The molecular weight excluding hydrogens is 1600 g/mol. The Morgan fingerprint density at radius 2 is 0.762 bits per heavy atom. The number of nitrogens with zero attached hydrogens (tertiary/aromatic N) is 8. The summed E-state index contributed by atoms with van der Waals surface area (Å²) in [6.07, 6.45) is -4.78. The summed E-state index contributed by atoms with van der Waals surface area (Å²) in [5, 5.41) is 81.7. The fraction of sp³-hybridized carbons (Fsp3) is 0.605. The lowest BCUT2D eigenvalue weighted by atomic mass is 10.0. The zero-order chi connectivity index (χ0) is 89.5. The number of benzene rings is 2. The first-order valence-electron chi connectivity index (χ1n) is 40.5. The summed E-state index contributed by atoms with van der Waals surface area (Å²) >= 11 is 0. The van der Waals surface area contributed by atoms with Gasteiger partial charge in [0.05, 0.1) is 38.8 Å². The third kappa shape index (κ3) is 33.8. The number of carbonyl (C=O) groups is 16. The Hall–Kier alpha value is -12.1. The molecule has 2 unspecified atom stereocenters. The summed E-state index contributed by atoms with van der Waals surface area (Å²) in [5.41, 5.74) is 34.8. The standard InChI is InChI=1S/C76H116N22O24/c77-25-3-1-9-49-71(115)97(55(11-5-27-83-75(79)80)69(113)85-43-59(101)87-53(41-61(103)104)67(111)91-51(65(109)89-49)39-45-13-17-47(99)18-14-45)121-63(107)23-21-57(73(117)118)95-31-7-29-94-34-33-93(35-37-95)30-8-32-96(38-36-94)58(74(119)120)22-24-64(108)122-98-56(12-6-28-84-76(81)82)70(114)86-44-60(102)88-54(42-62(105)106)68(112)92-52(40-46-15-19-48(100)20-16-46)66(110)90-50(72(98)116)10-2-4-26-78/h13-20,49-58,99-100H,1-12,21-44,77-78H2,(H,85,113)(H,86,114)(H,87,101)(H,88,102)(H,89,109)(H,90,110)(H,91,111)(H,92,112)(H,103,104)(H,105,106)(H,117,118)(H,119,120)(H4,79,80,83)(H4,81,82,84)/t49-,50-,51+,52+,53-,54-,55-,56-,57-,58-/m0/s1. The Balaban J connectivity index is 1.23. The number of carboxylic acids is 4. The van der Waals surface area contributed by atoms with Crippen LogP contribution >= 0.6 is 0 Å². The van der Waals surface area contributed by atoms with Crippen LogP contribution in [0.15, 0.2) is 58.5 Å². The van der Waals surface area contributed by atoms with Gasteiger partial charge in [0.15, 0.2) is 11.9 Å². The molecule has 4 aliphatic rings. The van der Waals surface area contributed by atoms with Gasteiger partial charge in [-0.3, -0.25) is 86.9 Å². The molecule has 4 fully saturated rings. The second kappa shape index (κ2) is 50.8. The molecule has 46 heteroatoms. The van der Waals surface area contributed by atoms with Crippen LogP contribution in [0, 0.1) is 0 Å². The highest BCUT2D eigenvalue weighted by Gasteiger charge is 2.44. The number of nitrogens with one attached hydrogen (secondary N) is 8. The van der Waals surface area contributed by atoms with E-state index in [0.29, 0.717) is 60.3 Å². The number of hydroxylamine groups is 4. The van der Waals surface area contributed by atoms with Gasteiger partial charge in [0.25, 0.3) is 11.8 Å². The zero-order valence-corrected chi connectivity index (χ0v) is 67.9. The van der Waals surface area contributed by atoms with Crippen molar-refractivity contribution >= 4 is 107 Å². The normalized spacial score (nSPS) is 23.2. The van der Waals surface area contributed by atoms with Gasteiger partial charge in [0, 0.05) is 78.3 Å². The Kier molecular flexibility index (Phi) is 41.1. The number of hydrogen-bond acceptors (Lipinski definition) is 28. The number of carboxylic acid groups (broad SMARTS) is 4. The van der Waals surface area contributed by atoms with Gasteiger partial charge < -0.3 is 127 Å². The van der Waals surface area contributed by atoms with Crippen LogP contribution in [-0.4, -0.2) is 332 Å². The molecule has 4 aliphatic heterocycles. The van der Waals surface area contributed by atoms with Gasteiger partial charge in [-0.2, -0.15) is 10.1 Å². The Morgan fingerprint density at radius 3 is 1.10 bits per heavy atom. The maximum absolute atomic E-state index is 15.3. The molecule has 10 amide bonds. The molecule has 2 bridgehead atoms. The zero-order valence-electron chi connectivity index (χ0n) is 67.9. The fourth-order valence-corrected chi connectivity index (χ4v) is 14.2. The van der Waals surface area contributed by atoms with Crippen LogP contribution in [0.3, 0.4) is 0 Å². The van der Waals surface area contributed by atoms with Gasteiger partial charge in [0.2, 0.25) is 47.3 Å². The molecule has 0 radical (unpaired) electrons. The molecule has 12 atom stereocenters. The van der Waals surface area contributed by atoms with E-state index in [0.717, 1.165) is 0 Å². The van der Waals surface area contributed by atoms with Gasteiger partial charge in [-0.25, -0.2) is 9.59 Å². The molecule has 674 valence electrons. The smallest absolute Gasteiger partial charge is 0.332 e. The van der Waals surface area contributed by atoms with Crippen molar-refractivity contribution in [1.29, 1.82) is 0 Å². The number of rotatable bonds is 36. The molecule has 0 saturated carbocycles. The summed E-state index contributed by atoms with van der Waals surface area (Å²) < 4.78 is 0. The Morgan fingerprint density at radius 1 is 0.418 bits per heavy atom. The monoisotopic (exact) mass is 1720 g/mol. The number of nitrogens with two attached hydrogens (primary N) is 6. The predicted octanol–water partition coefficient (Wildman–Crippen LogP) is -6.84. The van der Waals surface area contributed by atoms with Crippen molar-refractivity contribution in [2.45, 2.75) is 189 Å². The number of amides is 10. The SMILES string of the molecule is NCCCC[C@@H]1NC(=O)[C@@H](Cc2ccc(O)cc2)NC(=O)[C@H](CC(=O)O)NC(=O)CNC(=O)[C@H](CCCN=C(N)N)N(OC(=O)CC[C@@H](C(=O)O)N2CCCN3CCN(CCCN([C@@H](CCC(=O)ON4C(=O)[C@H](CCCCN)NC(=O)[C@@H](Cc5ccc(O)cc5)NC(=O)[C@H](CC(=O)O)NC(=O)CNC(=O)[C@@H]4CCCN=C(N)N)C(=O)O)CC3)CC2)C1=O. The van der Waals surface area contributed by atoms with E-state index in [1.54, 1.807) is 9.80 Å². The van der Waals surface area contributed by atoms with Crippen LogP contribution in [0.25, 0.3) is 0 Å². The number of aliphatic imine (C=N–C) groups is 2. The second-order valence-electron chi connectivity index (χ2n) is 29.9. The summed E-state index contributed by atoms with van der Waals surface area (Å²) in [6.45, 7) is 0.679. The molecule has 122 heavy (non-hydrogen) atoms. The van der Waals surface area contributed by atoms with E-state index in [1.165, 1.54) is 48.5 Å². The summed E-state index contributed by atoms with van der Waals surface area (Å²) in [7, 11) is 0. The third-order valence-corrected chi connectivity index (χ3v) is 20.6. The van der Waals surface area contributed by atoms with Crippen molar-refractivity contribution in [3.05, 3.63) is 59.7 Å². The Labute approximate surface area is 702 Å². The average molecular weight is 1720 g/mol. The minimum Gasteiger partial charge on any atom is -0.508 e. The van der Waals surface area contributed by atoms with Crippen LogP contribution in [0.4, 0.5) is 0 Å². The summed E-state index contributed by atoms with van der Waals surface area (Å²) in [6, 6.07) is -5.74. The summed E-state index contributed by atoms with van der Waals surface area (Å²) in [5.74, 6) is -20.3. The molecule has 4 saturated heterocycles. The number of phenols is 2. The highest BCUT2D eigenvalue weighted by Crippen LogP contribution is 2.24. The van der Waals surface area contributed by atoms with Crippen LogP contribution in [0.2, 0.25) is 0 Å². The van der Waals surface area contributed by atoms with E-state index < -0.39 is 207 Å². The van der Waals surface area contributed by atoms with Crippen molar-refractivity contribution in [3.8, 4) is 11.5 Å². The average Bonchev–Trinajstić information content (AvgIpc) is 1.21. The van der Waals surface area contributed by atoms with E-state index >= 15 is 9.59 Å². The number of carbonyl (C=O) groups excluding carboxylic acids is 12. The third-order valence-electron chi connectivity index (χ3n) is 20.6. The van der Waals surface area contributed by atoms with E-state index in [-0.39, 0.29) is 166 Å². The van der Waals surface area contributed by atoms with Gasteiger partial charge >= 0.3 is 35.8 Å². The first kappa shape index (κ1) is 98.7. The number of aliphatic carboxylic acids is 4. The molecule has 0 spiro atoms. The lowest BCUT2D eigenvalue weighted by molar-refractivity contribution is -0.210. The molecule has 46 nitrogen and oxygen atoms in total. The number of unbranched alkanes of at least 4 members (excludes halogenated alkanes) is 2. The number of hydrogen-bond donors (Lipinski definition) is 20. The van der Waals surface area contributed by atoms with Gasteiger partial charge in [-0.1, -0.05) is 24.3 Å². The van der Waals surface area contributed by atoms with Crippen LogP contribution < -0.4 is 76.9 Å². The van der Waals surface area contributed by atoms with Gasteiger partial charge in [-0.05, 0) is 151 Å². The molecule has 2 aromatic rings. The van der Waals surface area contributed by atoms with E-state index in [1.807, 2.05) is 0 Å². The van der Waals surface area contributed by atoms with Crippen molar-refractivity contribution in [1.82, 2.24) is 72.3 Å². The predicted molar refractivity (Wildman–Crippen MR) is 431 cm³/mol. The minimum atomic E-state index is -1.84. The number of phenolic OH excluding ortho intramolecular Hbond substituents is 2. The molecule has 6 rings (SSSR count). The fourth-order valence-electron chi connectivity index (χ4n) is 14.2. The highest BCUT2D eigenvalue weighted by atomic mass is 16.7. The maximum Gasteiger partial charge on any atom is 0.332 e. The first-order valence-corrected chi connectivity index (χ1v) is 40.5. The lowest BCUT2D eigenvalue weighted by Gasteiger charge is -2.38. The quantitative estimate of drug-likeness (QED) is 0.0171. The van der Waals surface area contributed by atoms with Crippen molar-refractivity contribution in [3.63, 3.8) is 0 Å². The number of aromatic hydroxyl groups is 2. The number of fused-ring (bicyclic) bond motifs is 3. The Bertz CT molecular complexity index is 3740. The molecular formula is C76H116N22O24. The van der Waals surface area contributed by atoms with E-state index in [4.69, 9.17) is 44.1 Å². The van der Waals surface area contributed by atoms with Gasteiger partial charge in [-0.15, -0.1) is 0 Å². The van der Waals surface area contributed by atoms with Crippen molar-refractivity contribution in [2.24, 2.45) is 44.4 Å². The highest BCUT2D eigenvalue weighted by molar-refractivity contribution is 6.00. The largest absolute Gasteiger partial charge is 0.508 e. The summed E-state index contributed by atoms with van der Waals surface area (Å²) in [4.78, 5) is 251. The second-order valence-corrected chi connectivity index (χ2v) is 29.9. The van der Waals surface area contributed by atoms with Crippen LogP contribution in [0.1, 0.15) is 127 Å². The molecule has 0 aliphatic carbocycles.